The summed E-state index contributed by atoms with van der Waals surface area (Å²) in [5.41, 5.74) is 2.91. The molecule has 0 aliphatic heterocycles. The zero-order chi connectivity index (χ0) is 17.7. The summed E-state index contributed by atoms with van der Waals surface area (Å²) in [4.78, 5) is 11.5. The predicted molar refractivity (Wildman–Crippen MR) is 96.7 cm³/mol. The highest BCUT2D eigenvalue weighted by atomic mass is 16.5. The Kier molecular flexibility index (Phi) is 6.21. The summed E-state index contributed by atoms with van der Waals surface area (Å²) in [6.45, 7) is 7.85. The number of pyridine rings is 1. The number of fused-ring (bicyclic) bond motifs is 1. The first kappa shape index (κ1) is 18.3. The number of carboxylic acids is 1. The summed E-state index contributed by atoms with van der Waals surface area (Å²) in [7, 11) is 0. The minimum absolute atomic E-state index is 0.113. The molecule has 0 spiro atoms. The summed E-state index contributed by atoms with van der Waals surface area (Å²) < 4.78 is 8.20. The second-order valence-corrected chi connectivity index (χ2v) is 5.85. The lowest BCUT2D eigenvalue weighted by Crippen LogP contribution is -2.18. The molecule has 1 aliphatic rings. The topological polar surface area (TPSA) is 50.9 Å². The molecule has 0 bridgehead atoms. The first-order valence-electron chi connectivity index (χ1n) is 8.74. The molecule has 130 valence electrons. The van der Waals surface area contributed by atoms with Crippen LogP contribution in [0.2, 0.25) is 0 Å². The molecule has 1 N–H and O–H groups in total. The van der Waals surface area contributed by atoms with E-state index in [0.717, 1.165) is 36.0 Å². The van der Waals surface area contributed by atoms with Gasteiger partial charge in [-0.25, -0.2) is 4.79 Å². The third kappa shape index (κ3) is 3.70. The maximum absolute atomic E-state index is 11.5. The maximum Gasteiger partial charge on any atom is 0.336 e. The fourth-order valence-electron chi connectivity index (χ4n) is 3.25. The molecular formula is C20H27NO3. The van der Waals surface area contributed by atoms with E-state index in [9.17, 15) is 9.90 Å². The smallest absolute Gasteiger partial charge is 0.336 e. The van der Waals surface area contributed by atoms with E-state index in [1.807, 2.05) is 50.4 Å². The lowest BCUT2D eigenvalue weighted by Gasteiger charge is -2.25. The van der Waals surface area contributed by atoms with Crippen LogP contribution in [0, 0.1) is 6.92 Å². The molecule has 0 saturated carbocycles. The SMILES string of the molecule is CC.Cc1c(C(=O)O)cc2cccn2c1C(C)OC1C=CCCC1. The zero-order valence-corrected chi connectivity index (χ0v) is 15.0. The van der Waals surface area contributed by atoms with Gasteiger partial charge in [0.15, 0.2) is 0 Å². The molecule has 0 saturated heterocycles. The van der Waals surface area contributed by atoms with Gasteiger partial charge in [0.1, 0.15) is 0 Å². The summed E-state index contributed by atoms with van der Waals surface area (Å²) >= 11 is 0. The van der Waals surface area contributed by atoms with E-state index in [-0.39, 0.29) is 12.2 Å². The summed E-state index contributed by atoms with van der Waals surface area (Å²) in [6, 6.07) is 5.56. The molecule has 4 nitrogen and oxygen atoms in total. The Labute approximate surface area is 143 Å². The average Bonchev–Trinajstić information content (AvgIpc) is 3.04. The van der Waals surface area contributed by atoms with Gasteiger partial charge in [0.05, 0.1) is 23.5 Å². The molecule has 2 heterocycles. The van der Waals surface area contributed by atoms with Gasteiger partial charge in [-0.05, 0) is 56.9 Å². The standard InChI is InChI=1S/C18H21NO3.C2H6/c1-12-16(18(20)21)11-14-7-6-10-19(14)17(12)13(2)22-15-8-4-3-5-9-15;1-2/h4,6-8,10-11,13,15H,3,5,9H2,1-2H3,(H,20,21);1-2H3. The van der Waals surface area contributed by atoms with Crippen LogP contribution in [0.5, 0.6) is 0 Å². The highest BCUT2D eigenvalue weighted by molar-refractivity contribution is 5.91. The average molecular weight is 329 g/mol. The molecule has 0 radical (unpaired) electrons. The number of hydrogen-bond acceptors (Lipinski definition) is 2. The number of aromatic nitrogens is 1. The van der Waals surface area contributed by atoms with Crippen LogP contribution in [0.15, 0.2) is 36.5 Å². The fraction of sp³-hybridized carbons (Fsp3) is 0.450. The number of ether oxygens (including phenoxy) is 1. The maximum atomic E-state index is 11.5. The molecule has 4 heteroatoms. The molecule has 1 aliphatic carbocycles. The molecule has 2 atom stereocenters. The quantitative estimate of drug-likeness (QED) is 0.788. The number of aromatic carboxylic acids is 1. The first-order valence-corrected chi connectivity index (χ1v) is 8.74. The van der Waals surface area contributed by atoms with Crippen molar-refractivity contribution in [1.82, 2.24) is 4.40 Å². The highest BCUT2D eigenvalue weighted by Crippen LogP contribution is 2.29. The van der Waals surface area contributed by atoms with Crippen LogP contribution >= 0.6 is 0 Å². The van der Waals surface area contributed by atoms with Crippen LogP contribution in [-0.4, -0.2) is 21.6 Å². The molecule has 0 aromatic carbocycles. The van der Waals surface area contributed by atoms with Crippen molar-refractivity contribution in [2.24, 2.45) is 0 Å². The Morgan fingerprint density at radius 2 is 2.17 bits per heavy atom. The van der Waals surface area contributed by atoms with E-state index >= 15 is 0 Å². The van der Waals surface area contributed by atoms with Gasteiger partial charge >= 0.3 is 5.97 Å². The number of rotatable bonds is 4. The minimum Gasteiger partial charge on any atom is -0.478 e. The van der Waals surface area contributed by atoms with Crippen molar-refractivity contribution < 1.29 is 14.6 Å². The van der Waals surface area contributed by atoms with Crippen LogP contribution in [0.4, 0.5) is 0 Å². The molecule has 2 aromatic heterocycles. The Bertz CT molecular complexity index is 730. The first-order chi connectivity index (χ1) is 11.6. The molecule has 3 rings (SSSR count). The van der Waals surface area contributed by atoms with Crippen molar-refractivity contribution >= 4 is 11.5 Å². The van der Waals surface area contributed by atoms with E-state index < -0.39 is 5.97 Å². The van der Waals surface area contributed by atoms with Crippen molar-refractivity contribution in [2.45, 2.75) is 59.2 Å². The number of carbonyl (C=O) groups is 1. The van der Waals surface area contributed by atoms with Crippen LogP contribution in [0.3, 0.4) is 0 Å². The van der Waals surface area contributed by atoms with Gasteiger partial charge in [-0.3, -0.25) is 0 Å². The second-order valence-electron chi connectivity index (χ2n) is 5.85. The van der Waals surface area contributed by atoms with E-state index in [1.165, 1.54) is 0 Å². The van der Waals surface area contributed by atoms with Crippen LogP contribution in [0.1, 0.15) is 67.8 Å². The molecule has 24 heavy (non-hydrogen) atoms. The Hall–Kier alpha value is -2.07. The number of carboxylic acid groups (broad SMARTS) is 1. The minimum atomic E-state index is -0.896. The van der Waals surface area contributed by atoms with Crippen LogP contribution in [0.25, 0.3) is 5.52 Å². The summed E-state index contributed by atoms with van der Waals surface area (Å²) in [5, 5.41) is 9.43. The number of hydrogen-bond donors (Lipinski definition) is 1. The third-order valence-electron chi connectivity index (χ3n) is 4.32. The molecule has 2 aromatic rings. The molecule has 0 fully saturated rings. The van der Waals surface area contributed by atoms with Crippen molar-refractivity contribution in [2.75, 3.05) is 0 Å². The van der Waals surface area contributed by atoms with Crippen molar-refractivity contribution in [3.63, 3.8) is 0 Å². The van der Waals surface area contributed by atoms with Gasteiger partial charge in [-0.1, -0.05) is 26.0 Å². The van der Waals surface area contributed by atoms with Crippen molar-refractivity contribution in [3.8, 4) is 0 Å². The van der Waals surface area contributed by atoms with E-state index in [0.29, 0.717) is 5.56 Å². The lowest BCUT2D eigenvalue weighted by atomic mass is 10.0. The van der Waals surface area contributed by atoms with Gasteiger partial charge in [-0.15, -0.1) is 0 Å². The zero-order valence-electron chi connectivity index (χ0n) is 15.0. The third-order valence-corrected chi connectivity index (χ3v) is 4.32. The molecule has 2 unspecified atom stereocenters. The normalized spacial score (nSPS) is 18.1. The van der Waals surface area contributed by atoms with Gasteiger partial charge in [0, 0.05) is 11.7 Å². The largest absolute Gasteiger partial charge is 0.478 e. The van der Waals surface area contributed by atoms with E-state index in [4.69, 9.17) is 4.74 Å². The Morgan fingerprint density at radius 1 is 1.42 bits per heavy atom. The van der Waals surface area contributed by atoms with Gasteiger partial charge < -0.3 is 14.2 Å². The number of nitrogens with zero attached hydrogens (tertiary/aromatic N) is 1. The van der Waals surface area contributed by atoms with E-state index in [2.05, 4.69) is 12.2 Å². The number of allylic oxidation sites excluding steroid dienone is 1. The van der Waals surface area contributed by atoms with Gasteiger partial charge in [0.25, 0.3) is 0 Å². The predicted octanol–water partition coefficient (Wildman–Crippen LogP) is 5.16. The van der Waals surface area contributed by atoms with Crippen LogP contribution < -0.4 is 0 Å². The summed E-state index contributed by atoms with van der Waals surface area (Å²) in [6.07, 6.45) is 9.46. The van der Waals surface area contributed by atoms with E-state index in [1.54, 1.807) is 6.07 Å². The molecule has 0 amide bonds. The fourth-order valence-corrected chi connectivity index (χ4v) is 3.25. The van der Waals surface area contributed by atoms with Crippen molar-refractivity contribution in [1.29, 1.82) is 0 Å². The van der Waals surface area contributed by atoms with Gasteiger partial charge in [-0.2, -0.15) is 0 Å². The van der Waals surface area contributed by atoms with Crippen molar-refractivity contribution in [3.05, 3.63) is 53.4 Å². The molecular weight excluding hydrogens is 302 g/mol. The van der Waals surface area contributed by atoms with Crippen LogP contribution in [-0.2, 0) is 4.74 Å². The van der Waals surface area contributed by atoms with Gasteiger partial charge in [0.2, 0.25) is 0 Å². The Balaban J connectivity index is 0.00000100. The monoisotopic (exact) mass is 329 g/mol. The second kappa shape index (κ2) is 8.15. The Morgan fingerprint density at radius 3 is 2.79 bits per heavy atom. The highest BCUT2D eigenvalue weighted by Gasteiger charge is 2.21. The lowest BCUT2D eigenvalue weighted by molar-refractivity contribution is 0.0127. The summed E-state index contributed by atoms with van der Waals surface area (Å²) in [5.74, 6) is -0.896.